The topological polar surface area (TPSA) is 147 Å². The lowest BCUT2D eigenvalue weighted by molar-refractivity contribution is -0.136. The smallest absolute Gasteiger partial charge is 0.255 e. The van der Waals surface area contributed by atoms with Gasteiger partial charge in [0.1, 0.15) is 41.7 Å². The van der Waals surface area contributed by atoms with Gasteiger partial charge >= 0.3 is 0 Å². The summed E-state index contributed by atoms with van der Waals surface area (Å²) >= 11 is 0. The number of hydrogen-bond donors (Lipinski definition) is 3. The molecule has 5 aliphatic rings. The second-order valence-electron chi connectivity index (χ2n) is 14.4. The summed E-state index contributed by atoms with van der Waals surface area (Å²) in [6, 6.07) is 17.5. The van der Waals surface area contributed by atoms with E-state index in [1.54, 1.807) is 35.2 Å². The van der Waals surface area contributed by atoms with Gasteiger partial charge in [-0.05, 0) is 85.0 Å². The minimum atomic E-state index is -0.635. The normalized spacial score (nSPS) is 23.1. The molecule has 280 valence electrons. The maximum absolute atomic E-state index is 13.9. The average Bonchev–Trinajstić information content (AvgIpc) is 3.94. The lowest BCUT2D eigenvalue weighted by Gasteiger charge is -2.35. The zero-order chi connectivity index (χ0) is 37.2. The van der Waals surface area contributed by atoms with Gasteiger partial charge in [0, 0.05) is 57.8 Å². The fraction of sp³-hybridized carbons (Fsp3) is 0.400. The number of aliphatic imine (C=N–C) groups is 1. The lowest BCUT2D eigenvalue weighted by Crippen LogP contribution is -2.52. The van der Waals surface area contributed by atoms with Crippen LogP contribution < -0.4 is 20.3 Å². The number of anilines is 1. The molecule has 54 heavy (non-hydrogen) atoms. The van der Waals surface area contributed by atoms with Gasteiger partial charge in [-0.2, -0.15) is 0 Å². The van der Waals surface area contributed by atoms with Crippen molar-refractivity contribution in [1.29, 1.82) is 5.41 Å². The van der Waals surface area contributed by atoms with E-state index in [0.717, 1.165) is 80.6 Å². The molecule has 0 spiro atoms. The predicted molar refractivity (Wildman–Crippen MR) is 201 cm³/mol. The number of ether oxygens (including phenoxy) is 1. The van der Waals surface area contributed by atoms with Crippen LogP contribution in [0.3, 0.4) is 0 Å². The molecule has 1 aromatic heterocycles. The third kappa shape index (κ3) is 7.56. The standard InChI is InChI=1S/C40H44FN9O4/c41-28-5-1-4-26(22-28)33-7-3-15-49(33)35(42)12-13-36-43-24-32(44-36)31-6-2-8-37(45-31)48-18-16-47(17-19-48)20-21-54-29-9-10-30-27(23-29)25-50(40(30)53)34-11-14-38(51)46-39(34)52/h1-2,4-6,8-10,12-13,22-23,32-34,42H,3,7,11,14-21,24-25H2,(H,43,44)(H,46,51,52)/b13-12-,42-35?/t32?,33-,34?/m1/s1. The molecule has 6 heterocycles. The average molecular weight is 734 g/mol. The van der Waals surface area contributed by atoms with Gasteiger partial charge in [-0.1, -0.05) is 18.2 Å². The molecule has 0 bridgehead atoms. The van der Waals surface area contributed by atoms with Crippen LogP contribution in [0.4, 0.5) is 10.2 Å². The number of benzene rings is 2. The Hall–Kier alpha value is -5.63. The molecule has 13 nitrogen and oxygen atoms in total. The van der Waals surface area contributed by atoms with Crippen molar-refractivity contribution in [2.75, 3.05) is 57.3 Å². The number of amidine groups is 2. The van der Waals surface area contributed by atoms with Crippen molar-refractivity contribution >= 4 is 35.2 Å². The number of amides is 3. The molecule has 14 heteroatoms. The molecule has 3 aromatic rings. The molecular weight excluding hydrogens is 689 g/mol. The number of piperazine rings is 1. The highest BCUT2D eigenvalue weighted by Gasteiger charge is 2.39. The summed E-state index contributed by atoms with van der Waals surface area (Å²) in [6.07, 6.45) is 6.04. The first-order valence-corrected chi connectivity index (χ1v) is 18.7. The molecule has 0 radical (unpaired) electrons. The number of hydrogen-bond acceptors (Lipinski definition) is 10. The van der Waals surface area contributed by atoms with Crippen LogP contribution in [0, 0.1) is 11.2 Å². The Kier molecular flexibility index (Phi) is 10.1. The fourth-order valence-electron chi connectivity index (χ4n) is 8.04. The molecule has 5 aliphatic heterocycles. The summed E-state index contributed by atoms with van der Waals surface area (Å²) in [5.41, 5.74) is 3.22. The first kappa shape index (κ1) is 35.4. The Morgan fingerprint density at radius 2 is 1.83 bits per heavy atom. The maximum Gasteiger partial charge on any atom is 0.255 e. The number of nitrogens with zero attached hydrogens (tertiary/aromatic N) is 6. The first-order chi connectivity index (χ1) is 26.3. The Labute approximate surface area is 313 Å². The summed E-state index contributed by atoms with van der Waals surface area (Å²) < 4.78 is 20.0. The number of nitrogens with one attached hydrogen (secondary N) is 3. The van der Waals surface area contributed by atoms with Crippen LogP contribution in [0.15, 0.2) is 77.8 Å². The van der Waals surface area contributed by atoms with Crippen molar-refractivity contribution in [3.8, 4) is 5.75 Å². The second-order valence-corrected chi connectivity index (χ2v) is 14.4. The molecule has 0 saturated carbocycles. The van der Waals surface area contributed by atoms with Gasteiger partial charge in [0.25, 0.3) is 5.91 Å². The van der Waals surface area contributed by atoms with Crippen molar-refractivity contribution in [3.05, 3.63) is 101 Å². The maximum atomic E-state index is 13.9. The van der Waals surface area contributed by atoms with Gasteiger partial charge < -0.3 is 24.8 Å². The van der Waals surface area contributed by atoms with Crippen LogP contribution in [0.2, 0.25) is 0 Å². The minimum Gasteiger partial charge on any atom is -0.492 e. The van der Waals surface area contributed by atoms with E-state index < -0.39 is 11.9 Å². The van der Waals surface area contributed by atoms with Gasteiger partial charge in [0.15, 0.2) is 0 Å². The van der Waals surface area contributed by atoms with Crippen LogP contribution in [0.5, 0.6) is 5.75 Å². The number of fused-ring (bicyclic) bond motifs is 1. The Morgan fingerprint density at radius 1 is 0.981 bits per heavy atom. The molecule has 3 fully saturated rings. The van der Waals surface area contributed by atoms with Gasteiger partial charge in [0.2, 0.25) is 11.8 Å². The Balaban J connectivity index is 0.783. The Morgan fingerprint density at radius 3 is 2.67 bits per heavy atom. The first-order valence-electron chi connectivity index (χ1n) is 18.7. The molecule has 2 unspecified atom stereocenters. The van der Waals surface area contributed by atoms with E-state index >= 15 is 0 Å². The monoisotopic (exact) mass is 733 g/mol. The third-order valence-corrected chi connectivity index (χ3v) is 10.9. The second kappa shape index (κ2) is 15.4. The number of likely N-dealkylation sites (tertiary alicyclic amines) is 1. The third-order valence-electron chi connectivity index (χ3n) is 10.9. The number of carbonyl (C=O) groups is 3. The molecular formula is C40H44FN9O4. The van der Waals surface area contributed by atoms with Crippen molar-refractivity contribution in [1.82, 2.24) is 30.3 Å². The molecule has 2 aromatic carbocycles. The van der Waals surface area contributed by atoms with E-state index in [1.165, 1.54) is 6.07 Å². The summed E-state index contributed by atoms with van der Waals surface area (Å²) in [4.78, 5) is 54.8. The molecule has 8 rings (SSSR count). The van der Waals surface area contributed by atoms with Crippen molar-refractivity contribution in [3.63, 3.8) is 0 Å². The highest BCUT2D eigenvalue weighted by atomic mass is 19.1. The summed E-state index contributed by atoms with van der Waals surface area (Å²) in [6.45, 7) is 6.34. The van der Waals surface area contributed by atoms with E-state index in [2.05, 4.69) is 25.4 Å². The largest absolute Gasteiger partial charge is 0.492 e. The van der Waals surface area contributed by atoms with Crippen molar-refractivity contribution in [2.24, 2.45) is 4.99 Å². The zero-order valence-corrected chi connectivity index (χ0v) is 30.0. The molecule has 3 atom stereocenters. The number of rotatable bonds is 10. The van der Waals surface area contributed by atoms with Crippen molar-refractivity contribution < 1.29 is 23.5 Å². The van der Waals surface area contributed by atoms with Crippen molar-refractivity contribution in [2.45, 2.75) is 50.4 Å². The van der Waals surface area contributed by atoms with Gasteiger partial charge in [-0.3, -0.25) is 35.0 Å². The van der Waals surface area contributed by atoms with Gasteiger partial charge in [-0.15, -0.1) is 0 Å². The minimum absolute atomic E-state index is 0.00122. The number of imide groups is 1. The van der Waals surface area contributed by atoms with E-state index in [0.29, 0.717) is 43.3 Å². The summed E-state index contributed by atoms with van der Waals surface area (Å²) in [5, 5.41) is 14.5. The highest BCUT2D eigenvalue weighted by molar-refractivity contribution is 6.05. The van der Waals surface area contributed by atoms with Gasteiger partial charge in [-0.25, -0.2) is 9.37 Å². The molecule has 3 saturated heterocycles. The summed E-state index contributed by atoms with van der Waals surface area (Å²) in [5.74, 6) is 1.58. The van der Waals surface area contributed by atoms with Crippen LogP contribution in [0.25, 0.3) is 0 Å². The number of aromatic nitrogens is 1. The predicted octanol–water partition coefficient (Wildman–Crippen LogP) is 3.60. The number of pyridine rings is 1. The van der Waals surface area contributed by atoms with E-state index in [9.17, 15) is 18.8 Å². The zero-order valence-electron chi connectivity index (χ0n) is 30.0. The number of piperidine rings is 1. The molecule has 3 N–H and O–H groups in total. The van der Waals surface area contributed by atoms with Gasteiger partial charge in [0.05, 0.1) is 24.3 Å². The Bertz CT molecular complexity index is 2010. The quantitative estimate of drug-likeness (QED) is 0.162. The van der Waals surface area contributed by atoms with Crippen LogP contribution in [0.1, 0.15) is 64.9 Å². The fourth-order valence-corrected chi connectivity index (χ4v) is 8.04. The van der Waals surface area contributed by atoms with E-state index in [-0.39, 0.29) is 36.1 Å². The molecule has 3 amide bonds. The highest BCUT2D eigenvalue weighted by Crippen LogP contribution is 2.33. The number of carbonyl (C=O) groups excluding carboxylic acids is 3. The molecule has 0 aliphatic carbocycles. The van der Waals surface area contributed by atoms with E-state index in [1.807, 2.05) is 41.3 Å². The van der Waals surface area contributed by atoms with E-state index in [4.69, 9.17) is 15.1 Å². The van der Waals surface area contributed by atoms with Crippen LogP contribution >= 0.6 is 0 Å². The SMILES string of the molecule is N=C(/C=C\C1=NCC(c2cccc(N3CCN(CCOc4ccc5c(c4)CN(C4CCC(=O)NC4=O)C5=O)CC3)n2)N1)N1CCC[C@@H]1c1cccc(F)c1. The summed E-state index contributed by atoms with van der Waals surface area (Å²) in [7, 11) is 0. The lowest BCUT2D eigenvalue weighted by atomic mass is 10.0. The van der Waals surface area contributed by atoms with Crippen LogP contribution in [-0.4, -0.2) is 108 Å². The number of halogens is 1. The van der Waals surface area contributed by atoms with Crippen LogP contribution in [-0.2, 0) is 16.1 Å².